The molecule has 0 aliphatic heterocycles. The van der Waals surface area contributed by atoms with Crippen molar-refractivity contribution < 1.29 is 4.79 Å². The lowest BCUT2D eigenvalue weighted by molar-refractivity contribution is -0.121. The molecule has 1 amide bonds. The van der Waals surface area contributed by atoms with Crippen LogP contribution in [0.25, 0.3) is 10.9 Å². The van der Waals surface area contributed by atoms with Crippen molar-refractivity contribution in [3.8, 4) is 0 Å². The molecule has 1 aliphatic rings. The van der Waals surface area contributed by atoms with Crippen LogP contribution in [0.3, 0.4) is 0 Å². The number of hydrogen-bond acceptors (Lipinski definition) is 3. The highest BCUT2D eigenvalue weighted by Gasteiger charge is 2.24. The third-order valence-corrected chi connectivity index (χ3v) is 6.01. The molecule has 2 aromatic heterocycles. The van der Waals surface area contributed by atoms with Gasteiger partial charge in [0.05, 0.1) is 17.1 Å². The molecular formula is C19H20ClN3OS. The average Bonchev–Trinajstić information content (AvgIpc) is 3.06. The summed E-state index contributed by atoms with van der Waals surface area (Å²) in [5, 5.41) is 6.12. The number of nitrogens with one attached hydrogen (secondary N) is 2. The molecule has 6 heteroatoms. The molecule has 0 saturated heterocycles. The fourth-order valence-electron chi connectivity index (χ4n) is 3.68. The summed E-state index contributed by atoms with van der Waals surface area (Å²) in [6.07, 6.45) is 3.10. The van der Waals surface area contributed by atoms with E-state index in [1.165, 1.54) is 16.6 Å². The van der Waals surface area contributed by atoms with E-state index in [2.05, 4.69) is 15.3 Å². The predicted octanol–water partition coefficient (Wildman–Crippen LogP) is 4.11. The number of aromatic nitrogens is 2. The van der Waals surface area contributed by atoms with Gasteiger partial charge >= 0.3 is 0 Å². The van der Waals surface area contributed by atoms with Crippen molar-refractivity contribution in [1.82, 2.24) is 15.3 Å². The summed E-state index contributed by atoms with van der Waals surface area (Å²) in [6.45, 7) is 4.00. The summed E-state index contributed by atoms with van der Waals surface area (Å²) in [6, 6.07) is 6.11. The Bertz CT molecular complexity index is 959. The van der Waals surface area contributed by atoms with E-state index in [4.69, 9.17) is 11.6 Å². The maximum atomic E-state index is 12.4. The Hall–Kier alpha value is -1.85. The Labute approximate surface area is 155 Å². The summed E-state index contributed by atoms with van der Waals surface area (Å²) >= 11 is 7.80. The number of hydrogen-bond donors (Lipinski definition) is 2. The van der Waals surface area contributed by atoms with Gasteiger partial charge in [-0.3, -0.25) is 4.79 Å². The second-order valence-corrected chi connectivity index (χ2v) is 8.54. The Balaban J connectivity index is 1.48. The van der Waals surface area contributed by atoms with Crippen LogP contribution >= 0.6 is 22.9 Å². The number of nitrogens with zero attached hydrogens (tertiary/aromatic N) is 1. The standard InChI is InChI=1S/C19H20ClN3OS/c1-10-18(21-11(2)25-10)9-19(24)22-13-4-6-17-15(8-13)14-7-12(20)3-5-16(14)23-17/h3,5,7,13,23H,4,6,8-9H2,1-2H3,(H,22,24). The molecule has 4 rings (SSSR count). The first-order valence-corrected chi connectivity index (χ1v) is 9.70. The number of halogens is 1. The highest BCUT2D eigenvalue weighted by atomic mass is 35.5. The minimum Gasteiger partial charge on any atom is -0.358 e. The summed E-state index contributed by atoms with van der Waals surface area (Å²) in [5.41, 5.74) is 4.58. The van der Waals surface area contributed by atoms with Crippen molar-refractivity contribution >= 4 is 39.7 Å². The number of rotatable bonds is 3. The van der Waals surface area contributed by atoms with Crippen LogP contribution in [0.4, 0.5) is 0 Å². The van der Waals surface area contributed by atoms with E-state index in [1.807, 2.05) is 32.0 Å². The van der Waals surface area contributed by atoms with E-state index in [9.17, 15) is 4.79 Å². The highest BCUT2D eigenvalue weighted by molar-refractivity contribution is 7.11. The fraction of sp³-hybridized carbons (Fsp3) is 0.368. The molecular weight excluding hydrogens is 354 g/mol. The van der Waals surface area contributed by atoms with Crippen molar-refractivity contribution in [2.45, 2.75) is 45.6 Å². The zero-order valence-corrected chi connectivity index (χ0v) is 15.9. The first-order chi connectivity index (χ1) is 12.0. The SMILES string of the molecule is Cc1nc(CC(=O)NC2CCc3[nH]c4ccc(Cl)cc4c3C2)c(C)s1. The number of aryl methyl sites for hydroxylation is 3. The molecule has 130 valence electrons. The Morgan fingerprint density at radius 1 is 1.44 bits per heavy atom. The predicted molar refractivity (Wildman–Crippen MR) is 103 cm³/mol. The van der Waals surface area contributed by atoms with Gasteiger partial charge in [0.15, 0.2) is 0 Å². The summed E-state index contributed by atoms with van der Waals surface area (Å²) in [5.74, 6) is 0.0553. The summed E-state index contributed by atoms with van der Waals surface area (Å²) < 4.78 is 0. The zero-order valence-electron chi connectivity index (χ0n) is 14.3. The van der Waals surface area contributed by atoms with E-state index in [0.29, 0.717) is 6.42 Å². The van der Waals surface area contributed by atoms with Gasteiger partial charge < -0.3 is 10.3 Å². The number of carbonyl (C=O) groups is 1. The van der Waals surface area contributed by atoms with E-state index in [1.54, 1.807) is 11.3 Å². The number of carbonyl (C=O) groups excluding carboxylic acids is 1. The van der Waals surface area contributed by atoms with Crippen LogP contribution in [0.15, 0.2) is 18.2 Å². The molecule has 0 spiro atoms. The lowest BCUT2D eigenvalue weighted by Crippen LogP contribution is -2.39. The minimum absolute atomic E-state index is 0.0553. The quantitative estimate of drug-likeness (QED) is 0.725. The molecule has 0 bridgehead atoms. The largest absolute Gasteiger partial charge is 0.358 e. The van der Waals surface area contributed by atoms with E-state index in [-0.39, 0.29) is 11.9 Å². The molecule has 4 nitrogen and oxygen atoms in total. The van der Waals surface area contributed by atoms with Gasteiger partial charge in [0, 0.05) is 32.5 Å². The third-order valence-electron chi connectivity index (χ3n) is 4.84. The molecule has 1 aliphatic carbocycles. The van der Waals surface area contributed by atoms with E-state index < -0.39 is 0 Å². The van der Waals surface area contributed by atoms with Gasteiger partial charge in [-0.05, 0) is 56.9 Å². The average molecular weight is 374 g/mol. The highest BCUT2D eigenvalue weighted by Crippen LogP contribution is 2.31. The van der Waals surface area contributed by atoms with Crippen LogP contribution in [0.5, 0.6) is 0 Å². The Morgan fingerprint density at radius 3 is 3.04 bits per heavy atom. The van der Waals surface area contributed by atoms with Crippen molar-refractivity contribution in [2.75, 3.05) is 0 Å². The Kier molecular flexibility index (Phi) is 4.29. The first kappa shape index (κ1) is 16.6. The van der Waals surface area contributed by atoms with Crippen molar-refractivity contribution in [3.05, 3.63) is 50.1 Å². The van der Waals surface area contributed by atoms with Gasteiger partial charge in [-0.25, -0.2) is 4.98 Å². The number of H-pyrrole nitrogens is 1. The van der Waals surface area contributed by atoms with Crippen LogP contribution < -0.4 is 5.32 Å². The second kappa shape index (κ2) is 6.46. The maximum Gasteiger partial charge on any atom is 0.226 e. The minimum atomic E-state index is 0.0553. The monoisotopic (exact) mass is 373 g/mol. The lowest BCUT2D eigenvalue weighted by atomic mass is 9.91. The molecule has 3 aromatic rings. The van der Waals surface area contributed by atoms with Gasteiger partial charge in [-0.2, -0.15) is 0 Å². The molecule has 2 heterocycles. The van der Waals surface area contributed by atoms with Gasteiger partial charge in [0.1, 0.15) is 0 Å². The molecule has 0 fully saturated rings. The second-order valence-electron chi connectivity index (χ2n) is 6.69. The van der Waals surface area contributed by atoms with Crippen LogP contribution in [0.2, 0.25) is 5.02 Å². The molecule has 1 atom stereocenters. The van der Waals surface area contributed by atoms with Crippen LogP contribution in [0.1, 0.15) is 33.3 Å². The molecule has 0 radical (unpaired) electrons. The van der Waals surface area contributed by atoms with Crippen LogP contribution in [-0.2, 0) is 24.1 Å². The van der Waals surface area contributed by atoms with Crippen molar-refractivity contribution in [1.29, 1.82) is 0 Å². The van der Waals surface area contributed by atoms with E-state index >= 15 is 0 Å². The summed E-state index contributed by atoms with van der Waals surface area (Å²) in [4.78, 5) is 21.5. The molecule has 2 N–H and O–H groups in total. The number of amides is 1. The van der Waals surface area contributed by atoms with Gasteiger partial charge in [-0.15, -0.1) is 11.3 Å². The first-order valence-electron chi connectivity index (χ1n) is 8.51. The fourth-order valence-corrected chi connectivity index (χ4v) is 4.69. The molecule has 0 saturated carbocycles. The smallest absolute Gasteiger partial charge is 0.226 e. The normalized spacial score (nSPS) is 16.8. The van der Waals surface area contributed by atoms with Crippen LogP contribution in [0, 0.1) is 13.8 Å². The van der Waals surface area contributed by atoms with E-state index in [0.717, 1.165) is 45.4 Å². The number of aromatic amines is 1. The lowest BCUT2D eigenvalue weighted by Gasteiger charge is -2.23. The topological polar surface area (TPSA) is 57.8 Å². The van der Waals surface area contributed by atoms with Crippen molar-refractivity contribution in [2.24, 2.45) is 0 Å². The van der Waals surface area contributed by atoms with Gasteiger partial charge in [0.2, 0.25) is 5.91 Å². The van der Waals surface area contributed by atoms with Gasteiger partial charge in [0.25, 0.3) is 0 Å². The van der Waals surface area contributed by atoms with Crippen LogP contribution in [-0.4, -0.2) is 21.9 Å². The molecule has 25 heavy (non-hydrogen) atoms. The number of benzene rings is 1. The maximum absolute atomic E-state index is 12.4. The molecule has 1 unspecified atom stereocenters. The third kappa shape index (κ3) is 3.31. The Morgan fingerprint density at radius 2 is 2.28 bits per heavy atom. The number of fused-ring (bicyclic) bond motifs is 3. The van der Waals surface area contributed by atoms with Gasteiger partial charge in [-0.1, -0.05) is 11.6 Å². The zero-order chi connectivity index (χ0) is 17.6. The van der Waals surface area contributed by atoms with Crippen molar-refractivity contribution in [3.63, 3.8) is 0 Å². The number of thiazole rings is 1. The molecule has 1 aromatic carbocycles. The summed E-state index contributed by atoms with van der Waals surface area (Å²) in [7, 11) is 0.